The van der Waals surface area contributed by atoms with E-state index >= 15 is 0 Å². The van der Waals surface area contributed by atoms with Gasteiger partial charge in [-0.15, -0.1) is 0 Å². The summed E-state index contributed by atoms with van der Waals surface area (Å²) >= 11 is 0. The Morgan fingerprint density at radius 1 is 1.25 bits per heavy atom. The first-order chi connectivity index (χ1) is 7.63. The van der Waals surface area contributed by atoms with Crippen LogP contribution in [0.25, 0.3) is 0 Å². The van der Waals surface area contributed by atoms with Crippen LogP contribution < -0.4 is 0 Å². The van der Waals surface area contributed by atoms with Gasteiger partial charge in [-0.3, -0.25) is 9.69 Å². The molecule has 0 radical (unpaired) electrons. The maximum atomic E-state index is 11.1. The number of rotatable bonds is 10. The number of hydrogen-bond acceptors (Lipinski definition) is 3. The summed E-state index contributed by atoms with van der Waals surface area (Å²) in [5.41, 5.74) is 0. The molecule has 0 amide bonds. The fraction of sp³-hybridized carbons (Fsp3) is 0.917. The average molecular weight is 231 g/mol. The Hall–Kier alpha value is -0.610. The van der Waals surface area contributed by atoms with Crippen LogP contribution in [0.2, 0.25) is 0 Å². The molecule has 0 bridgehead atoms. The number of carbonyl (C=O) groups is 1. The van der Waals surface area contributed by atoms with E-state index in [0.717, 1.165) is 45.1 Å². The van der Waals surface area contributed by atoms with Crippen LogP contribution in [0.4, 0.5) is 0 Å². The third kappa shape index (κ3) is 6.80. The molecule has 0 aliphatic heterocycles. The van der Waals surface area contributed by atoms with Crippen molar-refractivity contribution < 1.29 is 15.0 Å². The highest BCUT2D eigenvalue weighted by molar-refractivity contribution is 5.73. The lowest BCUT2D eigenvalue weighted by molar-refractivity contribution is -0.143. The zero-order chi connectivity index (χ0) is 12.4. The van der Waals surface area contributed by atoms with Gasteiger partial charge >= 0.3 is 5.97 Å². The van der Waals surface area contributed by atoms with Crippen molar-refractivity contribution in [1.82, 2.24) is 4.90 Å². The maximum Gasteiger partial charge on any atom is 0.320 e. The van der Waals surface area contributed by atoms with Gasteiger partial charge in [0.15, 0.2) is 0 Å². The molecule has 1 atom stereocenters. The summed E-state index contributed by atoms with van der Waals surface area (Å²) in [6.45, 7) is 3.09. The fourth-order valence-corrected chi connectivity index (χ4v) is 1.74. The lowest BCUT2D eigenvalue weighted by Gasteiger charge is -2.24. The van der Waals surface area contributed by atoms with E-state index in [1.165, 1.54) is 0 Å². The van der Waals surface area contributed by atoms with Gasteiger partial charge in [0.2, 0.25) is 0 Å². The molecule has 16 heavy (non-hydrogen) atoms. The van der Waals surface area contributed by atoms with Crippen molar-refractivity contribution in [2.45, 2.75) is 51.5 Å². The van der Waals surface area contributed by atoms with Crippen LogP contribution >= 0.6 is 0 Å². The van der Waals surface area contributed by atoms with Crippen molar-refractivity contribution in [2.75, 3.05) is 20.2 Å². The van der Waals surface area contributed by atoms with E-state index < -0.39 is 5.97 Å². The van der Waals surface area contributed by atoms with E-state index in [-0.39, 0.29) is 12.6 Å². The number of carboxylic acids is 1. The molecule has 0 spiro atoms. The van der Waals surface area contributed by atoms with Crippen LogP contribution in [0.3, 0.4) is 0 Å². The average Bonchev–Trinajstić information content (AvgIpc) is 2.24. The number of aliphatic hydroxyl groups is 1. The number of carboxylic acid groups (broad SMARTS) is 1. The molecule has 2 N–H and O–H groups in total. The fourth-order valence-electron chi connectivity index (χ4n) is 1.74. The molecule has 4 heteroatoms. The van der Waals surface area contributed by atoms with Gasteiger partial charge in [0.1, 0.15) is 6.04 Å². The van der Waals surface area contributed by atoms with Crippen molar-refractivity contribution in [1.29, 1.82) is 0 Å². The number of hydrogen-bond donors (Lipinski definition) is 2. The lowest BCUT2D eigenvalue weighted by atomic mass is 10.1. The highest BCUT2D eigenvalue weighted by atomic mass is 16.4. The Kier molecular flexibility index (Phi) is 9.24. The Labute approximate surface area is 98.3 Å². The number of nitrogens with zero attached hydrogens (tertiary/aromatic N) is 1. The third-order valence-electron chi connectivity index (χ3n) is 2.82. The predicted octanol–water partition coefficient (Wildman–Crippen LogP) is 1.72. The molecule has 0 aliphatic carbocycles. The summed E-state index contributed by atoms with van der Waals surface area (Å²) in [7, 11) is 1.87. The Bertz CT molecular complexity index is 185. The minimum absolute atomic E-state index is 0.224. The van der Waals surface area contributed by atoms with Gasteiger partial charge in [-0.2, -0.15) is 0 Å². The van der Waals surface area contributed by atoms with Crippen LogP contribution in [0.5, 0.6) is 0 Å². The molecule has 4 nitrogen and oxygen atoms in total. The SMILES string of the molecule is CCCCC(C(=O)O)N(C)CCCCCO. The van der Waals surface area contributed by atoms with Gasteiger partial charge < -0.3 is 10.2 Å². The first-order valence-electron chi connectivity index (χ1n) is 6.17. The monoisotopic (exact) mass is 231 g/mol. The minimum Gasteiger partial charge on any atom is -0.480 e. The summed E-state index contributed by atoms with van der Waals surface area (Å²) in [6.07, 6.45) is 5.43. The van der Waals surface area contributed by atoms with Gasteiger partial charge in [-0.25, -0.2) is 0 Å². The van der Waals surface area contributed by atoms with Gasteiger partial charge in [-0.05, 0) is 39.3 Å². The number of aliphatic carboxylic acids is 1. The molecule has 0 aromatic rings. The van der Waals surface area contributed by atoms with Crippen LogP contribution in [0, 0.1) is 0 Å². The first-order valence-corrected chi connectivity index (χ1v) is 6.17. The van der Waals surface area contributed by atoms with Crippen molar-refractivity contribution in [3.05, 3.63) is 0 Å². The molecule has 0 aliphatic rings. The van der Waals surface area contributed by atoms with E-state index in [4.69, 9.17) is 10.2 Å². The summed E-state index contributed by atoms with van der Waals surface area (Å²) in [5, 5.41) is 17.7. The molecular formula is C12H25NO3. The quantitative estimate of drug-likeness (QED) is 0.562. The molecule has 1 unspecified atom stereocenters. The topological polar surface area (TPSA) is 60.8 Å². The third-order valence-corrected chi connectivity index (χ3v) is 2.82. The molecule has 0 rings (SSSR count). The molecule has 0 saturated heterocycles. The van der Waals surface area contributed by atoms with Gasteiger partial charge in [0.25, 0.3) is 0 Å². The normalized spacial score (nSPS) is 13.0. The molecule has 0 fully saturated rings. The van der Waals surface area contributed by atoms with E-state index in [9.17, 15) is 4.79 Å². The molecule has 0 aromatic heterocycles. The summed E-state index contributed by atoms with van der Waals surface area (Å²) in [5.74, 6) is -0.724. The van der Waals surface area contributed by atoms with Crippen molar-refractivity contribution in [3.8, 4) is 0 Å². The van der Waals surface area contributed by atoms with Crippen molar-refractivity contribution >= 4 is 5.97 Å². The van der Waals surface area contributed by atoms with Gasteiger partial charge in [0.05, 0.1) is 0 Å². The minimum atomic E-state index is -0.724. The lowest BCUT2D eigenvalue weighted by Crippen LogP contribution is -2.39. The standard InChI is InChI=1S/C12H25NO3/c1-3-4-8-11(12(15)16)13(2)9-6-5-7-10-14/h11,14H,3-10H2,1-2H3,(H,15,16). The Balaban J connectivity index is 3.87. The summed E-state index contributed by atoms with van der Waals surface area (Å²) in [4.78, 5) is 13.0. The largest absolute Gasteiger partial charge is 0.480 e. The maximum absolute atomic E-state index is 11.1. The van der Waals surface area contributed by atoms with Crippen molar-refractivity contribution in [2.24, 2.45) is 0 Å². The number of unbranched alkanes of at least 4 members (excludes halogenated alkanes) is 3. The van der Waals surface area contributed by atoms with Crippen LogP contribution in [0.1, 0.15) is 45.4 Å². The van der Waals surface area contributed by atoms with E-state index in [0.29, 0.717) is 0 Å². The highest BCUT2D eigenvalue weighted by Gasteiger charge is 2.20. The highest BCUT2D eigenvalue weighted by Crippen LogP contribution is 2.09. The second-order valence-corrected chi connectivity index (χ2v) is 4.26. The van der Waals surface area contributed by atoms with E-state index in [1.54, 1.807) is 0 Å². The Morgan fingerprint density at radius 3 is 2.44 bits per heavy atom. The van der Waals surface area contributed by atoms with Crippen molar-refractivity contribution in [3.63, 3.8) is 0 Å². The van der Waals surface area contributed by atoms with Gasteiger partial charge in [-0.1, -0.05) is 19.8 Å². The zero-order valence-electron chi connectivity index (χ0n) is 10.5. The van der Waals surface area contributed by atoms with Crippen LogP contribution in [0.15, 0.2) is 0 Å². The van der Waals surface area contributed by atoms with Crippen LogP contribution in [-0.4, -0.2) is 47.3 Å². The second kappa shape index (κ2) is 9.60. The summed E-state index contributed by atoms with van der Waals surface area (Å²) in [6, 6.07) is -0.353. The molecule has 0 heterocycles. The number of aliphatic hydroxyl groups excluding tert-OH is 1. The Morgan fingerprint density at radius 2 is 1.94 bits per heavy atom. The summed E-state index contributed by atoms with van der Waals surface area (Å²) < 4.78 is 0. The molecule has 96 valence electrons. The van der Waals surface area contributed by atoms with Crippen LogP contribution in [-0.2, 0) is 4.79 Å². The smallest absolute Gasteiger partial charge is 0.320 e. The first kappa shape index (κ1) is 15.4. The zero-order valence-corrected chi connectivity index (χ0v) is 10.5. The number of likely N-dealkylation sites (N-methyl/N-ethyl adjacent to an activating group) is 1. The molecule has 0 saturated carbocycles. The molecular weight excluding hydrogens is 206 g/mol. The van der Waals surface area contributed by atoms with Gasteiger partial charge in [0, 0.05) is 6.61 Å². The van der Waals surface area contributed by atoms with E-state index in [2.05, 4.69) is 6.92 Å². The predicted molar refractivity (Wildman–Crippen MR) is 64.5 cm³/mol. The molecule has 0 aromatic carbocycles. The second-order valence-electron chi connectivity index (χ2n) is 4.26. The van der Waals surface area contributed by atoms with E-state index in [1.807, 2.05) is 11.9 Å².